The average Bonchev–Trinajstić information content (AvgIpc) is 2.65. The molecule has 0 fully saturated rings. The summed E-state index contributed by atoms with van der Waals surface area (Å²) in [5, 5.41) is 7.74. The molecule has 2 heterocycles. The van der Waals surface area contributed by atoms with Crippen LogP contribution in [0.1, 0.15) is 23.9 Å². The lowest BCUT2D eigenvalue weighted by Gasteiger charge is -2.05. The van der Waals surface area contributed by atoms with Crippen molar-refractivity contribution in [2.45, 2.75) is 27.3 Å². The molecule has 18 heavy (non-hydrogen) atoms. The lowest BCUT2D eigenvalue weighted by Crippen LogP contribution is -2.12. The highest BCUT2D eigenvalue weighted by atomic mass is 79.9. The van der Waals surface area contributed by atoms with Gasteiger partial charge in [-0.25, -0.2) is 9.67 Å². The Balaban J connectivity index is 2.26. The molecule has 2 aromatic rings. The summed E-state index contributed by atoms with van der Waals surface area (Å²) in [5.74, 6) is 0.849. The number of nitrogens with zero attached hydrogens (tertiary/aromatic N) is 3. The zero-order chi connectivity index (χ0) is 13.1. The minimum atomic E-state index is 0.849. The van der Waals surface area contributed by atoms with Gasteiger partial charge in [0.1, 0.15) is 0 Å². The Morgan fingerprint density at radius 3 is 2.61 bits per heavy atom. The Hall–Kier alpha value is -1.20. The van der Waals surface area contributed by atoms with Crippen LogP contribution < -0.4 is 5.32 Å². The van der Waals surface area contributed by atoms with E-state index in [4.69, 9.17) is 0 Å². The van der Waals surface area contributed by atoms with E-state index in [1.165, 1.54) is 5.56 Å². The molecule has 0 saturated carbocycles. The summed E-state index contributed by atoms with van der Waals surface area (Å²) in [5.41, 5.74) is 3.23. The second-order valence-corrected chi connectivity index (χ2v) is 4.99. The molecule has 0 aliphatic carbocycles. The van der Waals surface area contributed by atoms with E-state index in [0.29, 0.717) is 0 Å². The predicted molar refractivity (Wildman–Crippen MR) is 75.9 cm³/mol. The van der Waals surface area contributed by atoms with Gasteiger partial charge in [-0.1, -0.05) is 13.0 Å². The van der Waals surface area contributed by atoms with Crippen molar-refractivity contribution in [3.63, 3.8) is 0 Å². The van der Waals surface area contributed by atoms with Crippen LogP contribution in [0.5, 0.6) is 0 Å². The third kappa shape index (κ3) is 2.62. The van der Waals surface area contributed by atoms with Gasteiger partial charge >= 0.3 is 0 Å². The van der Waals surface area contributed by atoms with E-state index in [-0.39, 0.29) is 0 Å². The number of pyridine rings is 1. The predicted octanol–water partition coefficient (Wildman–Crippen LogP) is 2.76. The molecular weight excluding hydrogens is 292 g/mol. The summed E-state index contributed by atoms with van der Waals surface area (Å²) in [4.78, 5) is 4.46. The number of hydrogen-bond donors (Lipinski definition) is 1. The zero-order valence-electron chi connectivity index (χ0n) is 10.9. The van der Waals surface area contributed by atoms with Gasteiger partial charge in [-0.2, -0.15) is 5.10 Å². The number of hydrogen-bond acceptors (Lipinski definition) is 3. The van der Waals surface area contributed by atoms with Crippen molar-refractivity contribution in [2.75, 3.05) is 6.54 Å². The largest absolute Gasteiger partial charge is 0.313 e. The Kier molecular flexibility index (Phi) is 4.14. The summed E-state index contributed by atoms with van der Waals surface area (Å²) in [6.07, 6.45) is 1.89. The van der Waals surface area contributed by atoms with Crippen LogP contribution in [0.15, 0.2) is 22.8 Å². The van der Waals surface area contributed by atoms with Gasteiger partial charge in [0.25, 0.3) is 0 Å². The van der Waals surface area contributed by atoms with Gasteiger partial charge < -0.3 is 5.32 Å². The first-order valence-electron chi connectivity index (χ1n) is 6.01. The summed E-state index contributed by atoms with van der Waals surface area (Å²) >= 11 is 3.52. The molecule has 0 atom stereocenters. The number of aromatic nitrogens is 3. The first-order valence-corrected chi connectivity index (χ1v) is 6.80. The van der Waals surface area contributed by atoms with Crippen molar-refractivity contribution in [2.24, 2.45) is 0 Å². The highest BCUT2D eigenvalue weighted by Gasteiger charge is 2.10. The fourth-order valence-corrected chi connectivity index (χ4v) is 2.01. The topological polar surface area (TPSA) is 42.7 Å². The molecule has 4 nitrogen and oxygen atoms in total. The second-order valence-electron chi connectivity index (χ2n) is 4.20. The fraction of sp³-hybridized carbons (Fsp3) is 0.385. The number of nitrogens with one attached hydrogen (secondary N) is 1. The summed E-state index contributed by atoms with van der Waals surface area (Å²) in [7, 11) is 0. The third-order valence-electron chi connectivity index (χ3n) is 2.81. The molecule has 0 spiro atoms. The van der Waals surface area contributed by atoms with Gasteiger partial charge in [0.05, 0.1) is 15.9 Å². The minimum Gasteiger partial charge on any atom is -0.313 e. The quantitative estimate of drug-likeness (QED) is 0.944. The third-order valence-corrected chi connectivity index (χ3v) is 3.96. The number of aryl methyl sites for hydroxylation is 1. The first-order chi connectivity index (χ1) is 8.63. The molecule has 96 valence electrons. The van der Waals surface area contributed by atoms with Crippen molar-refractivity contribution in [3.05, 3.63) is 39.8 Å². The molecule has 0 aliphatic heterocycles. The lowest BCUT2D eigenvalue weighted by molar-refractivity contribution is 0.721. The molecule has 0 amide bonds. The Bertz CT molecular complexity index is 531. The summed E-state index contributed by atoms with van der Waals surface area (Å²) in [6.45, 7) is 7.91. The highest BCUT2D eigenvalue weighted by Crippen LogP contribution is 2.22. The minimum absolute atomic E-state index is 0.849. The van der Waals surface area contributed by atoms with Crippen molar-refractivity contribution in [1.29, 1.82) is 0 Å². The van der Waals surface area contributed by atoms with Gasteiger partial charge in [0.15, 0.2) is 5.82 Å². The monoisotopic (exact) mass is 308 g/mol. The molecule has 0 aliphatic rings. The fourth-order valence-electron chi connectivity index (χ4n) is 1.76. The smallest absolute Gasteiger partial charge is 0.153 e. The van der Waals surface area contributed by atoms with Crippen molar-refractivity contribution >= 4 is 15.9 Å². The molecule has 0 radical (unpaired) electrons. The average molecular weight is 309 g/mol. The van der Waals surface area contributed by atoms with Crippen molar-refractivity contribution in [3.8, 4) is 5.82 Å². The van der Waals surface area contributed by atoms with Gasteiger partial charge in [0.2, 0.25) is 0 Å². The molecule has 5 heteroatoms. The molecule has 0 unspecified atom stereocenters. The van der Waals surface area contributed by atoms with Gasteiger partial charge in [-0.3, -0.25) is 0 Å². The molecule has 1 N–H and O–H groups in total. The zero-order valence-corrected chi connectivity index (χ0v) is 12.5. The van der Waals surface area contributed by atoms with Gasteiger partial charge in [0, 0.05) is 12.7 Å². The molecule has 0 aromatic carbocycles. The number of halogens is 1. The Labute approximate surface area is 116 Å². The normalized spacial score (nSPS) is 10.9. The van der Waals surface area contributed by atoms with Crippen LogP contribution in [0.2, 0.25) is 0 Å². The summed E-state index contributed by atoms with van der Waals surface area (Å²) in [6, 6.07) is 4.08. The maximum absolute atomic E-state index is 4.46. The van der Waals surface area contributed by atoms with E-state index >= 15 is 0 Å². The maximum atomic E-state index is 4.46. The highest BCUT2D eigenvalue weighted by molar-refractivity contribution is 9.10. The maximum Gasteiger partial charge on any atom is 0.153 e. The Morgan fingerprint density at radius 1 is 1.33 bits per heavy atom. The SMILES string of the molecule is CCNCc1ccc(-n2nc(C)c(Br)c2C)nc1. The van der Waals surface area contributed by atoms with Crippen LogP contribution in [0.3, 0.4) is 0 Å². The molecule has 0 saturated heterocycles. The van der Waals surface area contributed by atoms with Gasteiger partial charge in [-0.15, -0.1) is 0 Å². The van der Waals surface area contributed by atoms with E-state index in [1.54, 1.807) is 0 Å². The molecular formula is C13H17BrN4. The van der Waals surface area contributed by atoms with Crippen LogP contribution in [0, 0.1) is 13.8 Å². The van der Waals surface area contributed by atoms with E-state index < -0.39 is 0 Å². The second kappa shape index (κ2) is 5.63. The van der Waals surface area contributed by atoms with Crippen LogP contribution in [-0.2, 0) is 6.54 Å². The summed E-state index contributed by atoms with van der Waals surface area (Å²) < 4.78 is 2.90. The molecule has 2 rings (SSSR count). The van der Waals surface area contributed by atoms with Crippen LogP contribution in [0.4, 0.5) is 0 Å². The standard InChI is InChI=1S/C13H17BrN4/c1-4-15-7-11-5-6-12(16-8-11)18-10(3)13(14)9(2)17-18/h5-6,8,15H,4,7H2,1-3H3. The lowest BCUT2D eigenvalue weighted by atomic mass is 10.3. The number of rotatable bonds is 4. The van der Waals surface area contributed by atoms with E-state index in [1.807, 2.05) is 30.8 Å². The van der Waals surface area contributed by atoms with Crippen molar-refractivity contribution < 1.29 is 0 Å². The molecule has 2 aromatic heterocycles. The molecule has 0 bridgehead atoms. The van der Waals surface area contributed by atoms with Crippen LogP contribution >= 0.6 is 15.9 Å². The first kappa shape index (κ1) is 13.2. The van der Waals surface area contributed by atoms with E-state index in [9.17, 15) is 0 Å². The van der Waals surface area contributed by atoms with E-state index in [2.05, 4.69) is 44.3 Å². The van der Waals surface area contributed by atoms with Crippen LogP contribution in [-0.4, -0.2) is 21.3 Å². The van der Waals surface area contributed by atoms with E-state index in [0.717, 1.165) is 34.8 Å². The van der Waals surface area contributed by atoms with Crippen LogP contribution in [0.25, 0.3) is 5.82 Å². The Morgan fingerprint density at radius 2 is 2.11 bits per heavy atom. The van der Waals surface area contributed by atoms with Crippen molar-refractivity contribution in [1.82, 2.24) is 20.1 Å². The van der Waals surface area contributed by atoms with Gasteiger partial charge in [-0.05, 0) is 48.0 Å².